The highest BCUT2D eigenvalue weighted by Gasteiger charge is 2.40. The fraction of sp³-hybridized carbons (Fsp3) is 0.833. The molecule has 7 heteroatoms. The molecule has 2 fully saturated rings. The molecule has 2 aliphatic heterocycles. The first-order chi connectivity index (χ1) is 9.00. The van der Waals surface area contributed by atoms with Gasteiger partial charge in [0.1, 0.15) is 5.92 Å². The standard InChI is InChI=1S/C12H20N2O5/c1-8-5-14(3-4-19-8)12(17)13(2)10-7-18-6-9(10)11(15)16/h8-10H,3-7H2,1-2H3,(H,15,16). The number of hydrogen-bond acceptors (Lipinski definition) is 4. The molecule has 0 aromatic rings. The van der Waals surface area contributed by atoms with Crippen LogP contribution in [0.15, 0.2) is 0 Å². The SMILES string of the molecule is CC1CN(C(=O)N(C)C2COCC2C(=O)O)CCO1. The van der Waals surface area contributed by atoms with E-state index in [9.17, 15) is 9.59 Å². The number of aliphatic carboxylic acids is 1. The number of rotatable bonds is 2. The molecule has 19 heavy (non-hydrogen) atoms. The van der Waals surface area contributed by atoms with Gasteiger partial charge in [-0.2, -0.15) is 0 Å². The zero-order valence-electron chi connectivity index (χ0n) is 11.2. The van der Waals surface area contributed by atoms with Crippen LogP contribution in [0, 0.1) is 5.92 Å². The number of ether oxygens (including phenoxy) is 2. The van der Waals surface area contributed by atoms with Gasteiger partial charge in [0, 0.05) is 20.1 Å². The molecular weight excluding hydrogens is 252 g/mol. The lowest BCUT2D eigenvalue weighted by molar-refractivity contribution is -0.142. The molecule has 1 N–H and O–H groups in total. The molecule has 0 aromatic carbocycles. The average Bonchev–Trinajstić information content (AvgIpc) is 2.86. The number of urea groups is 1. The highest BCUT2D eigenvalue weighted by Crippen LogP contribution is 2.20. The molecule has 0 spiro atoms. The molecule has 7 nitrogen and oxygen atoms in total. The van der Waals surface area contributed by atoms with Crippen molar-refractivity contribution in [1.82, 2.24) is 9.80 Å². The van der Waals surface area contributed by atoms with Crippen LogP contribution in [0.3, 0.4) is 0 Å². The van der Waals surface area contributed by atoms with E-state index in [1.807, 2.05) is 6.92 Å². The monoisotopic (exact) mass is 272 g/mol. The molecular formula is C12H20N2O5. The third-order valence-corrected chi connectivity index (χ3v) is 3.68. The highest BCUT2D eigenvalue weighted by atomic mass is 16.5. The van der Waals surface area contributed by atoms with E-state index in [1.54, 1.807) is 11.9 Å². The second kappa shape index (κ2) is 5.75. The minimum Gasteiger partial charge on any atom is -0.481 e. The molecule has 2 amide bonds. The summed E-state index contributed by atoms with van der Waals surface area (Å²) in [6, 6.07) is -0.556. The Labute approximate surface area is 112 Å². The van der Waals surface area contributed by atoms with Crippen molar-refractivity contribution < 1.29 is 24.2 Å². The second-order valence-corrected chi connectivity index (χ2v) is 5.07. The first-order valence-corrected chi connectivity index (χ1v) is 6.44. The summed E-state index contributed by atoms with van der Waals surface area (Å²) in [5.41, 5.74) is 0. The lowest BCUT2D eigenvalue weighted by atomic mass is 10.0. The molecule has 2 saturated heterocycles. The predicted octanol–water partition coefficient (Wildman–Crippen LogP) is -0.141. The Bertz CT molecular complexity index is 362. The summed E-state index contributed by atoms with van der Waals surface area (Å²) in [5.74, 6) is -1.56. The summed E-state index contributed by atoms with van der Waals surface area (Å²) in [5, 5.41) is 9.12. The van der Waals surface area contributed by atoms with E-state index in [0.717, 1.165) is 0 Å². The average molecular weight is 272 g/mol. The Morgan fingerprint density at radius 2 is 2.11 bits per heavy atom. The van der Waals surface area contributed by atoms with Crippen molar-refractivity contribution in [3.8, 4) is 0 Å². The maximum absolute atomic E-state index is 12.3. The molecule has 0 aliphatic carbocycles. The van der Waals surface area contributed by atoms with Crippen molar-refractivity contribution in [1.29, 1.82) is 0 Å². The Hall–Kier alpha value is -1.34. The van der Waals surface area contributed by atoms with Gasteiger partial charge in [-0.3, -0.25) is 4.79 Å². The van der Waals surface area contributed by atoms with Crippen LogP contribution in [0.5, 0.6) is 0 Å². The molecule has 108 valence electrons. The van der Waals surface area contributed by atoms with E-state index in [4.69, 9.17) is 14.6 Å². The van der Waals surface area contributed by atoms with Gasteiger partial charge in [0.2, 0.25) is 0 Å². The molecule has 0 saturated carbocycles. The zero-order valence-corrected chi connectivity index (χ0v) is 11.2. The Balaban J connectivity index is 2.00. The molecule has 3 atom stereocenters. The number of carbonyl (C=O) groups excluding carboxylic acids is 1. The number of nitrogens with zero attached hydrogens (tertiary/aromatic N) is 2. The van der Waals surface area contributed by atoms with Gasteiger partial charge in [-0.25, -0.2) is 4.79 Å². The molecule has 0 bridgehead atoms. The van der Waals surface area contributed by atoms with Gasteiger partial charge in [0.05, 0.1) is 32.0 Å². The van der Waals surface area contributed by atoms with E-state index >= 15 is 0 Å². The van der Waals surface area contributed by atoms with Gasteiger partial charge in [0.25, 0.3) is 0 Å². The predicted molar refractivity (Wildman–Crippen MR) is 65.9 cm³/mol. The van der Waals surface area contributed by atoms with Crippen LogP contribution >= 0.6 is 0 Å². The van der Waals surface area contributed by atoms with E-state index in [0.29, 0.717) is 19.7 Å². The molecule has 2 rings (SSSR count). The number of carboxylic acid groups (broad SMARTS) is 1. The van der Waals surface area contributed by atoms with Gasteiger partial charge < -0.3 is 24.4 Å². The van der Waals surface area contributed by atoms with Gasteiger partial charge in [-0.05, 0) is 6.92 Å². The van der Waals surface area contributed by atoms with Crippen LogP contribution in [-0.2, 0) is 14.3 Å². The van der Waals surface area contributed by atoms with Gasteiger partial charge in [-0.15, -0.1) is 0 Å². The number of morpholine rings is 1. The van der Waals surface area contributed by atoms with Gasteiger partial charge in [0.15, 0.2) is 0 Å². The third-order valence-electron chi connectivity index (χ3n) is 3.68. The smallest absolute Gasteiger partial charge is 0.320 e. The topological polar surface area (TPSA) is 79.3 Å². The normalized spacial score (nSPS) is 31.3. The molecule has 3 unspecified atom stereocenters. The van der Waals surface area contributed by atoms with Gasteiger partial charge in [-0.1, -0.05) is 0 Å². The van der Waals surface area contributed by atoms with Crippen LogP contribution in [0.1, 0.15) is 6.92 Å². The minimum atomic E-state index is -0.919. The van der Waals surface area contributed by atoms with Crippen molar-refractivity contribution in [3.63, 3.8) is 0 Å². The maximum Gasteiger partial charge on any atom is 0.320 e. The first-order valence-electron chi connectivity index (χ1n) is 6.44. The quantitative estimate of drug-likeness (QED) is 0.757. The molecule has 2 heterocycles. The summed E-state index contributed by atoms with van der Waals surface area (Å²) in [7, 11) is 1.64. The van der Waals surface area contributed by atoms with Crippen LogP contribution in [0.4, 0.5) is 4.79 Å². The van der Waals surface area contributed by atoms with Crippen molar-refractivity contribution in [2.45, 2.75) is 19.1 Å². The van der Waals surface area contributed by atoms with Crippen molar-refractivity contribution in [3.05, 3.63) is 0 Å². The highest BCUT2D eigenvalue weighted by molar-refractivity contribution is 5.77. The van der Waals surface area contributed by atoms with Crippen molar-refractivity contribution in [2.75, 3.05) is 40.0 Å². The first kappa shape index (κ1) is 14.1. The van der Waals surface area contributed by atoms with Crippen LogP contribution in [0.2, 0.25) is 0 Å². The summed E-state index contributed by atoms with van der Waals surface area (Å²) in [6.07, 6.45) is 0.0150. The second-order valence-electron chi connectivity index (χ2n) is 5.07. The van der Waals surface area contributed by atoms with Gasteiger partial charge >= 0.3 is 12.0 Å². The minimum absolute atomic E-state index is 0.0150. The van der Waals surface area contributed by atoms with Crippen molar-refractivity contribution in [2.24, 2.45) is 5.92 Å². The zero-order chi connectivity index (χ0) is 14.0. The van der Waals surface area contributed by atoms with E-state index < -0.39 is 17.9 Å². The number of amides is 2. The fourth-order valence-electron chi connectivity index (χ4n) is 2.52. The Morgan fingerprint density at radius 1 is 1.37 bits per heavy atom. The summed E-state index contributed by atoms with van der Waals surface area (Å²) >= 11 is 0. The van der Waals surface area contributed by atoms with E-state index in [-0.39, 0.29) is 25.3 Å². The number of hydrogen-bond donors (Lipinski definition) is 1. The number of likely N-dealkylation sites (N-methyl/N-ethyl adjacent to an activating group) is 1. The lowest BCUT2D eigenvalue weighted by Crippen LogP contribution is -2.53. The van der Waals surface area contributed by atoms with Crippen LogP contribution < -0.4 is 0 Å². The largest absolute Gasteiger partial charge is 0.481 e. The number of carbonyl (C=O) groups is 2. The summed E-state index contributed by atoms with van der Waals surface area (Å²) < 4.78 is 10.6. The number of carboxylic acids is 1. The molecule has 2 aliphatic rings. The Morgan fingerprint density at radius 3 is 2.74 bits per heavy atom. The van der Waals surface area contributed by atoms with E-state index in [1.165, 1.54) is 4.90 Å². The fourth-order valence-corrected chi connectivity index (χ4v) is 2.52. The molecule has 0 radical (unpaired) electrons. The van der Waals surface area contributed by atoms with Crippen LogP contribution in [0.25, 0.3) is 0 Å². The summed E-state index contributed by atoms with van der Waals surface area (Å²) in [6.45, 7) is 3.95. The summed E-state index contributed by atoms with van der Waals surface area (Å²) in [4.78, 5) is 26.7. The third kappa shape index (κ3) is 2.98. The maximum atomic E-state index is 12.3. The van der Waals surface area contributed by atoms with Crippen molar-refractivity contribution >= 4 is 12.0 Å². The Kier molecular flexibility index (Phi) is 4.26. The molecule has 0 aromatic heterocycles. The van der Waals surface area contributed by atoms with E-state index in [2.05, 4.69) is 0 Å². The lowest BCUT2D eigenvalue weighted by Gasteiger charge is -2.36. The van der Waals surface area contributed by atoms with Crippen LogP contribution in [-0.4, -0.2) is 79.0 Å².